The molecule has 0 bridgehead atoms. The summed E-state index contributed by atoms with van der Waals surface area (Å²) >= 11 is 5.89. The van der Waals surface area contributed by atoms with Gasteiger partial charge < -0.3 is 24.4 Å². The number of nitrogens with zero attached hydrogens (tertiary/aromatic N) is 1. The number of carbonyl (C=O) groups excluding carboxylic acids is 2. The maximum Gasteiger partial charge on any atom is 0.265 e. The Morgan fingerprint density at radius 2 is 1.86 bits per heavy atom. The summed E-state index contributed by atoms with van der Waals surface area (Å²) in [7, 11) is 0. The van der Waals surface area contributed by atoms with E-state index in [4.69, 9.17) is 25.8 Å². The molecule has 0 saturated heterocycles. The predicted molar refractivity (Wildman–Crippen MR) is 141 cm³/mol. The highest BCUT2D eigenvalue weighted by atomic mass is 35.5. The molecule has 0 aliphatic carbocycles. The van der Waals surface area contributed by atoms with Crippen molar-refractivity contribution in [2.75, 3.05) is 36.6 Å². The van der Waals surface area contributed by atoms with Crippen molar-refractivity contribution in [1.29, 1.82) is 0 Å². The number of fused-ring (bicyclic) bond motifs is 1. The molecule has 0 unspecified atom stereocenters. The van der Waals surface area contributed by atoms with Gasteiger partial charge in [-0.15, -0.1) is 0 Å². The predicted octanol–water partition coefficient (Wildman–Crippen LogP) is 5.56. The molecule has 1 aliphatic rings. The first-order valence-electron chi connectivity index (χ1n) is 11.8. The Balaban J connectivity index is 1.31. The standard InChI is InChI=1S/C28H29ClN2O5/c1-19-6-5-7-25(20(19)2)35-17-27(32)30-22-10-13-26-24(16-22)31(28(33)18-36-26)14-3-4-15-34-23-11-8-21(29)9-12-23/h5-13,16H,3-4,14-15,17-18H2,1-2H3,(H,30,32). The van der Waals surface area contributed by atoms with Gasteiger partial charge in [-0.05, 0) is 86.3 Å². The molecule has 8 heteroatoms. The normalized spacial score (nSPS) is 12.5. The number of nitrogens with one attached hydrogen (secondary N) is 1. The molecule has 1 heterocycles. The molecular weight excluding hydrogens is 480 g/mol. The molecule has 0 radical (unpaired) electrons. The van der Waals surface area contributed by atoms with E-state index in [0.717, 1.165) is 29.7 Å². The molecule has 0 aromatic heterocycles. The van der Waals surface area contributed by atoms with E-state index in [0.29, 0.717) is 41.0 Å². The molecule has 7 nitrogen and oxygen atoms in total. The fourth-order valence-electron chi connectivity index (χ4n) is 3.84. The molecule has 0 saturated carbocycles. The Morgan fingerprint density at radius 3 is 2.67 bits per heavy atom. The minimum Gasteiger partial charge on any atom is -0.494 e. The Kier molecular flexibility index (Phi) is 8.33. The van der Waals surface area contributed by atoms with Crippen LogP contribution in [-0.4, -0.2) is 38.2 Å². The van der Waals surface area contributed by atoms with Crippen molar-refractivity contribution in [2.45, 2.75) is 26.7 Å². The minimum atomic E-state index is -0.287. The second-order valence-corrected chi connectivity index (χ2v) is 9.00. The first-order chi connectivity index (χ1) is 17.4. The first-order valence-corrected chi connectivity index (χ1v) is 12.2. The average molecular weight is 509 g/mol. The van der Waals surface area contributed by atoms with Gasteiger partial charge in [0.15, 0.2) is 13.2 Å². The average Bonchev–Trinajstić information content (AvgIpc) is 2.87. The maximum absolute atomic E-state index is 12.6. The van der Waals surface area contributed by atoms with Crippen LogP contribution >= 0.6 is 11.6 Å². The molecular formula is C28H29ClN2O5. The van der Waals surface area contributed by atoms with Crippen molar-refractivity contribution in [3.8, 4) is 17.2 Å². The first kappa shape index (κ1) is 25.4. The molecule has 3 aromatic carbocycles. The highest BCUT2D eigenvalue weighted by Gasteiger charge is 2.25. The van der Waals surface area contributed by atoms with Gasteiger partial charge in [-0.3, -0.25) is 9.59 Å². The number of hydrogen-bond acceptors (Lipinski definition) is 5. The van der Waals surface area contributed by atoms with E-state index < -0.39 is 0 Å². The minimum absolute atomic E-state index is 0.0103. The fourth-order valence-corrected chi connectivity index (χ4v) is 3.96. The van der Waals surface area contributed by atoms with Crippen LogP contribution in [0.3, 0.4) is 0 Å². The van der Waals surface area contributed by atoms with Crippen molar-refractivity contribution < 1.29 is 23.8 Å². The molecule has 4 rings (SSSR count). The zero-order valence-corrected chi connectivity index (χ0v) is 21.1. The number of anilines is 2. The van der Waals surface area contributed by atoms with Crippen LogP contribution in [0.1, 0.15) is 24.0 Å². The van der Waals surface area contributed by atoms with Gasteiger partial charge in [-0.1, -0.05) is 23.7 Å². The number of ether oxygens (including phenoxy) is 3. The smallest absolute Gasteiger partial charge is 0.265 e. The topological polar surface area (TPSA) is 77.1 Å². The van der Waals surface area contributed by atoms with E-state index in [9.17, 15) is 9.59 Å². The fraction of sp³-hybridized carbons (Fsp3) is 0.286. The largest absolute Gasteiger partial charge is 0.494 e. The maximum atomic E-state index is 12.6. The van der Waals surface area contributed by atoms with Crippen LogP contribution in [0.5, 0.6) is 17.2 Å². The summed E-state index contributed by atoms with van der Waals surface area (Å²) < 4.78 is 17.0. The van der Waals surface area contributed by atoms with Crippen molar-refractivity contribution in [1.82, 2.24) is 0 Å². The van der Waals surface area contributed by atoms with Gasteiger partial charge in [0.25, 0.3) is 11.8 Å². The van der Waals surface area contributed by atoms with Crippen LogP contribution in [0.25, 0.3) is 0 Å². The zero-order valence-electron chi connectivity index (χ0n) is 20.4. The Morgan fingerprint density at radius 1 is 1.06 bits per heavy atom. The second kappa shape index (κ2) is 11.8. The lowest BCUT2D eigenvalue weighted by Crippen LogP contribution is -2.39. The lowest BCUT2D eigenvalue weighted by atomic mass is 10.1. The number of carbonyl (C=O) groups is 2. The van der Waals surface area contributed by atoms with Gasteiger partial charge in [0.05, 0.1) is 12.3 Å². The quantitative estimate of drug-likeness (QED) is 0.363. The summed E-state index contributed by atoms with van der Waals surface area (Å²) in [6.45, 7) is 4.88. The summed E-state index contributed by atoms with van der Waals surface area (Å²) in [6, 6.07) is 18.2. The number of hydrogen-bond donors (Lipinski definition) is 1. The third-order valence-corrected chi connectivity index (χ3v) is 6.21. The highest BCUT2D eigenvalue weighted by molar-refractivity contribution is 6.30. The van der Waals surface area contributed by atoms with Gasteiger partial charge in [-0.25, -0.2) is 0 Å². The van der Waals surface area contributed by atoms with Crippen LogP contribution in [0.15, 0.2) is 60.7 Å². The summed E-state index contributed by atoms with van der Waals surface area (Å²) in [5.41, 5.74) is 3.31. The molecule has 3 aromatic rings. The van der Waals surface area contributed by atoms with Crippen LogP contribution in [-0.2, 0) is 9.59 Å². The Hall–Kier alpha value is -3.71. The number of rotatable bonds is 10. The number of benzene rings is 3. The highest BCUT2D eigenvalue weighted by Crippen LogP contribution is 2.35. The number of halogens is 1. The van der Waals surface area contributed by atoms with Gasteiger partial charge in [-0.2, -0.15) is 0 Å². The van der Waals surface area contributed by atoms with Crippen LogP contribution in [0.2, 0.25) is 5.02 Å². The molecule has 1 aliphatic heterocycles. The van der Waals surface area contributed by atoms with Gasteiger partial charge >= 0.3 is 0 Å². The number of aryl methyl sites for hydroxylation is 1. The van der Waals surface area contributed by atoms with Crippen molar-refractivity contribution in [2.24, 2.45) is 0 Å². The van der Waals surface area contributed by atoms with Crippen molar-refractivity contribution in [3.63, 3.8) is 0 Å². The molecule has 0 atom stereocenters. The van der Waals surface area contributed by atoms with E-state index >= 15 is 0 Å². The summed E-state index contributed by atoms with van der Waals surface area (Å²) in [6.07, 6.45) is 1.52. The second-order valence-electron chi connectivity index (χ2n) is 8.56. The number of amides is 2. The van der Waals surface area contributed by atoms with E-state index in [2.05, 4.69) is 5.32 Å². The molecule has 36 heavy (non-hydrogen) atoms. The van der Waals surface area contributed by atoms with Gasteiger partial charge in [0.1, 0.15) is 17.2 Å². The van der Waals surface area contributed by atoms with Crippen molar-refractivity contribution in [3.05, 3.63) is 76.8 Å². The van der Waals surface area contributed by atoms with Crippen molar-refractivity contribution >= 4 is 34.8 Å². The number of unbranched alkanes of at least 4 members (excludes halogenated alkanes) is 1. The SMILES string of the molecule is Cc1cccc(OCC(=O)Nc2ccc3c(c2)N(CCCCOc2ccc(Cl)cc2)C(=O)CO3)c1C. The third-order valence-electron chi connectivity index (χ3n) is 5.96. The molecule has 2 amide bonds. The van der Waals surface area contributed by atoms with E-state index in [1.54, 1.807) is 35.2 Å². The van der Waals surface area contributed by atoms with Crippen LogP contribution in [0, 0.1) is 13.8 Å². The Labute approximate surface area is 215 Å². The lowest BCUT2D eigenvalue weighted by molar-refractivity contribution is -0.121. The monoisotopic (exact) mass is 508 g/mol. The molecule has 0 spiro atoms. The lowest BCUT2D eigenvalue weighted by Gasteiger charge is -2.30. The molecule has 0 fully saturated rings. The van der Waals surface area contributed by atoms with Gasteiger partial charge in [0.2, 0.25) is 0 Å². The van der Waals surface area contributed by atoms with Crippen LogP contribution < -0.4 is 24.4 Å². The molecule has 188 valence electrons. The van der Waals surface area contributed by atoms with Gasteiger partial charge in [0, 0.05) is 17.3 Å². The third kappa shape index (κ3) is 6.49. The van der Waals surface area contributed by atoms with E-state index in [1.165, 1.54) is 0 Å². The summed E-state index contributed by atoms with van der Waals surface area (Å²) in [4.78, 5) is 26.8. The summed E-state index contributed by atoms with van der Waals surface area (Å²) in [5.74, 6) is 1.64. The van der Waals surface area contributed by atoms with Crippen LogP contribution in [0.4, 0.5) is 11.4 Å². The van der Waals surface area contributed by atoms with E-state index in [1.807, 2.05) is 44.2 Å². The summed E-state index contributed by atoms with van der Waals surface area (Å²) in [5, 5.41) is 3.51. The zero-order chi connectivity index (χ0) is 25.5. The Bertz CT molecular complexity index is 1230. The van der Waals surface area contributed by atoms with E-state index in [-0.39, 0.29) is 25.0 Å². The molecule has 1 N–H and O–H groups in total.